The molecule has 0 amide bonds. The Bertz CT molecular complexity index is 2670. The van der Waals surface area contributed by atoms with E-state index in [1.807, 2.05) is 0 Å². The van der Waals surface area contributed by atoms with E-state index in [0.29, 0.717) is 0 Å². The van der Waals surface area contributed by atoms with Gasteiger partial charge in [0.25, 0.3) is 0 Å². The Kier molecular flexibility index (Phi) is 7.06. The molecule has 0 aliphatic rings. The molecule has 230 valence electrons. The molecule has 0 spiro atoms. The Morgan fingerprint density at radius 3 is 1.80 bits per heavy atom. The third-order valence-electron chi connectivity index (χ3n) is 9.45. The molecule has 2 heteroatoms. The van der Waals surface area contributed by atoms with Crippen LogP contribution in [0.25, 0.3) is 88.5 Å². The average Bonchev–Trinajstić information content (AvgIpc) is 3.17. The lowest BCUT2D eigenvalue weighted by atomic mass is 9.89. The zero-order chi connectivity index (χ0) is 32.7. The van der Waals surface area contributed by atoms with Crippen LogP contribution >= 0.6 is 0 Å². The van der Waals surface area contributed by atoms with E-state index in [4.69, 9.17) is 9.97 Å². The van der Waals surface area contributed by atoms with Gasteiger partial charge in [0.2, 0.25) is 0 Å². The lowest BCUT2D eigenvalue weighted by Crippen LogP contribution is -1.93. The number of aromatic nitrogens is 2. The van der Waals surface area contributed by atoms with Crippen LogP contribution < -0.4 is 0 Å². The fourth-order valence-electron chi connectivity index (χ4n) is 7.02. The summed E-state index contributed by atoms with van der Waals surface area (Å²) in [5.41, 5.74) is 12.9. The third kappa shape index (κ3) is 5.44. The molecule has 0 radical (unpaired) electrons. The van der Waals surface area contributed by atoms with Gasteiger partial charge in [-0.25, -0.2) is 9.97 Å². The first-order valence-electron chi connectivity index (χ1n) is 16.7. The normalized spacial score (nSPS) is 11.4. The minimum Gasteiger partial charge on any atom is -0.248 e. The second-order valence-corrected chi connectivity index (χ2v) is 12.7. The molecule has 9 aromatic rings. The van der Waals surface area contributed by atoms with Crippen molar-refractivity contribution in [3.05, 3.63) is 181 Å². The Labute approximate surface area is 286 Å². The van der Waals surface area contributed by atoms with Gasteiger partial charge >= 0.3 is 0 Å². The van der Waals surface area contributed by atoms with Crippen LogP contribution in [0.5, 0.6) is 0 Å². The highest BCUT2D eigenvalue weighted by Crippen LogP contribution is 2.40. The zero-order valence-electron chi connectivity index (χ0n) is 27.1. The molecule has 0 unspecified atom stereocenters. The van der Waals surface area contributed by atoms with E-state index in [1.54, 1.807) is 0 Å². The molecule has 2 nitrogen and oxygen atoms in total. The minimum atomic E-state index is 0.946. The first kappa shape index (κ1) is 28.8. The largest absolute Gasteiger partial charge is 0.248 e. The second-order valence-electron chi connectivity index (χ2n) is 12.7. The third-order valence-corrected chi connectivity index (χ3v) is 9.45. The van der Waals surface area contributed by atoms with E-state index < -0.39 is 0 Å². The number of aryl methyl sites for hydroxylation is 1. The highest BCUT2D eigenvalue weighted by Gasteiger charge is 2.15. The van der Waals surface area contributed by atoms with E-state index in [0.717, 1.165) is 61.4 Å². The topological polar surface area (TPSA) is 25.8 Å². The quantitative estimate of drug-likeness (QED) is 0.178. The van der Waals surface area contributed by atoms with Crippen molar-refractivity contribution in [1.82, 2.24) is 9.97 Å². The first-order valence-corrected chi connectivity index (χ1v) is 16.7. The summed E-state index contributed by atoms with van der Waals surface area (Å²) in [6.45, 7) is 2.13. The number of hydrogen-bond acceptors (Lipinski definition) is 2. The molecule has 0 saturated carbocycles. The average molecular weight is 625 g/mol. The van der Waals surface area contributed by atoms with E-state index in [1.165, 1.54) is 32.7 Å². The maximum Gasteiger partial charge on any atom is 0.0715 e. The summed E-state index contributed by atoms with van der Waals surface area (Å²) in [5, 5.41) is 6.11. The molecular weight excluding hydrogens is 593 g/mol. The van der Waals surface area contributed by atoms with Gasteiger partial charge in [-0.15, -0.1) is 0 Å². The minimum absolute atomic E-state index is 0.946. The summed E-state index contributed by atoms with van der Waals surface area (Å²) < 4.78 is 0. The summed E-state index contributed by atoms with van der Waals surface area (Å²) in [7, 11) is 0. The van der Waals surface area contributed by atoms with Gasteiger partial charge in [0.1, 0.15) is 0 Å². The van der Waals surface area contributed by atoms with Crippen molar-refractivity contribution in [2.75, 3.05) is 0 Å². The standard InChI is InChI=1S/C47H32N2/c1-31-12-11-17-35(24-31)47-30-37(29-46(49-47)32-13-3-2-4-14-32)36-25-38(27-39(26-36)45-23-22-33-15-6-10-21-44(33)48-45)43-28-34-16-5-7-18-40(34)41-19-8-9-20-42(41)43/h2-30H,1H3. The molecule has 0 atom stereocenters. The van der Waals surface area contributed by atoms with Gasteiger partial charge in [-0.3, -0.25) is 0 Å². The van der Waals surface area contributed by atoms with Crippen molar-refractivity contribution in [1.29, 1.82) is 0 Å². The van der Waals surface area contributed by atoms with Crippen LogP contribution in [0.15, 0.2) is 176 Å². The molecule has 0 bridgehead atoms. The molecule has 0 aliphatic carbocycles. The van der Waals surface area contributed by atoms with Gasteiger partial charge in [-0.1, -0.05) is 127 Å². The van der Waals surface area contributed by atoms with Crippen LogP contribution in [-0.2, 0) is 0 Å². The van der Waals surface area contributed by atoms with Gasteiger partial charge in [0.15, 0.2) is 0 Å². The van der Waals surface area contributed by atoms with E-state index in [-0.39, 0.29) is 0 Å². The Balaban J connectivity index is 1.33. The first-order chi connectivity index (χ1) is 24.2. The zero-order valence-corrected chi connectivity index (χ0v) is 27.1. The molecule has 2 aromatic heterocycles. The summed E-state index contributed by atoms with van der Waals surface area (Å²) in [5.74, 6) is 0. The lowest BCUT2D eigenvalue weighted by molar-refractivity contribution is 1.31. The summed E-state index contributed by atoms with van der Waals surface area (Å²) >= 11 is 0. The number of rotatable bonds is 5. The number of nitrogens with zero attached hydrogens (tertiary/aromatic N) is 2. The maximum atomic E-state index is 5.20. The number of benzene rings is 7. The molecule has 49 heavy (non-hydrogen) atoms. The van der Waals surface area contributed by atoms with Crippen molar-refractivity contribution in [2.24, 2.45) is 0 Å². The van der Waals surface area contributed by atoms with Crippen molar-refractivity contribution in [3.63, 3.8) is 0 Å². The molecule has 2 heterocycles. The van der Waals surface area contributed by atoms with Crippen molar-refractivity contribution < 1.29 is 0 Å². The lowest BCUT2D eigenvalue weighted by Gasteiger charge is -2.16. The Morgan fingerprint density at radius 2 is 0.959 bits per heavy atom. The summed E-state index contributed by atoms with van der Waals surface area (Å²) in [6.07, 6.45) is 0. The number of fused-ring (bicyclic) bond motifs is 4. The molecular formula is C47H32N2. The SMILES string of the molecule is Cc1cccc(-c2cc(-c3cc(-c4ccc5ccccc5n4)cc(-c4cc5ccccc5c5ccccc45)c3)cc(-c3ccccc3)n2)c1. The summed E-state index contributed by atoms with van der Waals surface area (Å²) in [6, 6.07) is 62.9. The van der Waals surface area contributed by atoms with Crippen LogP contribution in [0.4, 0.5) is 0 Å². The van der Waals surface area contributed by atoms with Crippen LogP contribution in [0.3, 0.4) is 0 Å². The van der Waals surface area contributed by atoms with Crippen molar-refractivity contribution >= 4 is 32.4 Å². The van der Waals surface area contributed by atoms with Gasteiger partial charge in [-0.2, -0.15) is 0 Å². The molecule has 7 aromatic carbocycles. The predicted octanol–water partition coefficient (Wildman–Crippen LogP) is 12.6. The number of para-hydroxylation sites is 1. The highest BCUT2D eigenvalue weighted by atomic mass is 14.7. The van der Waals surface area contributed by atoms with Crippen molar-refractivity contribution in [2.45, 2.75) is 6.92 Å². The molecule has 9 rings (SSSR count). The van der Waals surface area contributed by atoms with E-state index in [2.05, 4.69) is 183 Å². The highest BCUT2D eigenvalue weighted by molar-refractivity contribution is 6.14. The van der Waals surface area contributed by atoms with Crippen LogP contribution in [0.1, 0.15) is 5.56 Å². The predicted molar refractivity (Wildman–Crippen MR) is 206 cm³/mol. The van der Waals surface area contributed by atoms with Gasteiger partial charge in [0, 0.05) is 22.1 Å². The molecule has 0 N–H and O–H groups in total. The number of pyridine rings is 2. The van der Waals surface area contributed by atoms with E-state index in [9.17, 15) is 0 Å². The molecule has 0 saturated heterocycles. The summed E-state index contributed by atoms with van der Waals surface area (Å²) in [4.78, 5) is 10.4. The van der Waals surface area contributed by atoms with Crippen LogP contribution in [-0.4, -0.2) is 9.97 Å². The van der Waals surface area contributed by atoms with Crippen molar-refractivity contribution in [3.8, 4) is 56.0 Å². The van der Waals surface area contributed by atoms with E-state index >= 15 is 0 Å². The second kappa shape index (κ2) is 12.0. The van der Waals surface area contributed by atoms with Crippen LogP contribution in [0.2, 0.25) is 0 Å². The molecule has 0 aliphatic heterocycles. The van der Waals surface area contributed by atoms with Gasteiger partial charge in [-0.05, 0) is 105 Å². The smallest absolute Gasteiger partial charge is 0.0715 e. The maximum absolute atomic E-state index is 5.20. The van der Waals surface area contributed by atoms with Gasteiger partial charge in [0.05, 0.1) is 22.6 Å². The fraction of sp³-hybridized carbons (Fsp3) is 0.0213. The monoisotopic (exact) mass is 624 g/mol. The fourth-order valence-corrected chi connectivity index (χ4v) is 7.02. The Morgan fingerprint density at radius 1 is 0.327 bits per heavy atom. The van der Waals surface area contributed by atoms with Crippen LogP contribution in [0, 0.1) is 6.92 Å². The molecule has 0 fully saturated rings. The van der Waals surface area contributed by atoms with Gasteiger partial charge < -0.3 is 0 Å². The Hall–Kier alpha value is -6.38. The number of hydrogen-bond donors (Lipinski definition) is 0.